The number of aromatic nitrogens is 1. The molecular formula is C29H39NO4. The largest absolute Gasteiger partial charge is 0.481 e. The number of aliphatic carboxylic acids is 1. The van der Waals surface area contributed by atoms with Crippen LogP contribution in [-0.2, 0) is 9.53 Å². The Hall–Kier alpha value is -2.40. The molecule has 0 unspecified atom stereocenters. The van der Waals surface area contributed by atoms with Crippen LogP contribution in [0.25, 0.3) is 0 Å². The Bertz CT molecular complexity index is 943. The molecule has 5 heteroatoms. The molecule has 0 bridgehead atoms. The van der Waals surface area contributed by atoms with E-state index in [2.05, 4.69) is 49.2 Å². The zero-order valence-electron chi connectivity index (χ0n) is 20.7. The second-order valence-electron chi connectivity index (χ2n) is 10.5. The summed E-state index contributed by atoms with van der Waals surface area (Å²) in [6.45, 7) is 6.05. The van der Waals surface area contributed by atoms with Crippen LogP contribution < -0.4 is 0 Å². The van der Waals surface area contributed by atoms with Crippen molar-refractivity contribution in [1.82, 2.24) is 4.98 Å². The molecule has 1 aliphatic heterocycles. The van der Waals surface area contributed by atoms with E-state index in [1.807, 2.05) is 18.3 Å². The Balaban J connectivity index is 1.53. The van der Waals surface area contributed by atoms with Gasteiger partial charge in [-0.05, 0) is 74.5 Å². The molecule has 0 aromatic carbocycles. The van der Waals surface area contributed by atoms with E-state index in [0.29, 0.717) is 23.4 Å². The molecule has 1 saturated heterocycles. The maximum absolute atomic E-state index is 13.4. The Labute approximate surface area is 203 Å². The number of ketones is 1. The van der Waals surface area contributed by atoms with Gasteiger partial charge in [0.2, 0.25) is 0 Å². The summed E-state index contributed by atoms with van der Waals surface area (Å²) >= 11 is 0. The minimum absolute atomic E-state index is 0.0310. The molecule has 1 aromatic rings. The van der Waals surface area contributed by atoms with Gasteiger partial charge in [0.25, 0.3) is 0 Å². The number of carboxylic acids is 1. The third-order valence-electron chi connectivity index (χ3n) is 8.36. The topological polar surface area (TPSA) is 79.4 Å². The quantitative estimate of drug-likeness (QED) is 0.272. The molecule has 34 heavy (non-hydrogen) atoms. The lowest BCUT2D eigenvalue weighted by Crippen LogP contribution is -2.40. The van der Waals surface area contributed by atoms with Crippen molar-refractivity contribution >= 4 is 11.8 Å². The molecule has 5 nitrogen and oxygen atoms in total. The van der Waals surface area contributed by atoms with Crippen molar-refractivity contribution < 1.29 is 19.4 Å². The van der Waals surface area contributed by atoms with Crippen molar-refractivity contribution in [2.45, 2.75) is 71.5 Å². The normalized spacial score (nSPS) is 34.8. The standard InChI is InChI=1S/C29H39NO4/c1-4-20(28-18(2)13-16-25(34-28)19(3)29(32)33)8-5-10-22-15-14-21-9-6-11-23(21)26(22)27(31)24-12-7-17-30-24/h5,7-8,10,12,14-15,17-19,21-23,25-26,28,30H,4,6,9,11,13,16H2,1-3H3,(H,32,33)/b10-5+,20-8+/t18-,19-,21-,22-,23+,25-,26-,28+/m1/s1. The van der Waals surface area contributed by atoms with Gasteiger partial charge < -0.3 is 14.8 Å². The summed E-state index contributed by atoms with van der Waals surface area (Å²) in [6.07, 6.45) is 18.6. The monoisotopic (exact) mass is 465 g/mol. The first-order chi connectivity index (χ1) is 16.4. The number of Topliss-reactive ketones (excluding diaryl/α,β-unsaturated/α-hetero) is 1. The smallest absolute Gasteiger partial charge is 0.308 e. The predicted molar refractivity (Wildman–Crippen MR) is 133 cm³/mol. The van der Waals surface area contributed by atoms with E-state index >= 15 is 0 Å². The average Bonchev–Trinajstić information content (AvgIpc) is 3.53. The number of aromatic amines is 1. The number of nitrogens with one attached hydrogen (secondary N) is 1. The molecular weight excluding hydrogens is 426 g/mol. The number of allylic oxidation sites excluding steroid dienone is 5. The van der Waals surface area contributed by atoms with Gasteiger partial charge in [0.15, 0.2) is 5.78 Å². The van der Waals surface area contributed by atoms with Gasteiger partial charge in [-0.15, -0.1) is 0 Å². The predicted octanol–water partition coefficient (Wildman–Crippen LogP) is 6.21. The van der Waals surface area contributed by atoms with Gasteiger partial charge in [0.1, 0.15) is 0 Å². The molecule has 4 rings (SSSR count). The number of H-pyrrole nitrogens is 1. The molecule has 1 saturated carbocycles. The third kappa shape index (κ3) is 5.14. The molecule has 1 aromatic heterocycles. The van der Waals surface area contributed by atoms with Crippen molar-refractivity contribution in [3.8, 4) is 0 Å². The Morgan fingerprint density at radius 1 is 1.24 bits per heavy atom. The van der Waals surface area contributed by atoms with Crippen molar-refractivity contribution in [2.75, 3.05) is 0 Å². The Morgan fingerprint density at radius 3 is 2.76 bits per heavy atom. The van der Waals surface area contributed by atoms with E-state index in [1.165, 1.54) is 18.4 Å². The fraction of sp³-hybridized carbons (Fsp3) is 0.586. The van der Waals surface area contributed by atoms with Crippen LogP contribution in [0.5, 0.6) is 0 Å². The number of carbonyl (C=O) groups excluding carboxylic acids is 1. The van der Waals surface area contributed by atoms with E-state index in [0.717, 1.165) is 25.7 Å². The van der Waals surface area contributed by atoms with E-state index in [9.17, 15) is 14.7 Å². The van der Waals surface area contributed by atoms with Crippen molar-refractivity contribution in [1.29, 1.82) is 0 Å². The lowest BCUT2D eigenvalue weighted by molar-refractivity contribution is -0.152. The highest BCUT2D eigenvalue weighted by atomic mass is 16.5. The molecule has 0 amide bonds. The van der Waals surface area contributed by atoms with Crippen LogP contribution in [0.15, 0.2) is 54.3 Å². The van der Waals surface area contributed by atoms with Crippen LogP contribution in [0.4, 0.5) is 0 Å². The summed E-state index contributed by atoms with van der Waals surface area (Å²) in [7, 11) is 0. The van der Waals surface area contributed by atoms with E-state index in [-0.39, 0.29) is 29.8 Å². The first kappa shape index (κ1) is 24.7. The fourth-order valence-corrected chi connectivity index (χ4v) is 6.26. The molecule has 2 aliphatic carbocycles. The summed E-state index contributed by atoms with van der Waals surface area (Å²) < 4.78 is 6.33. The summed E-state index contributed by atoms with van der Waals surface area (Å²) in [5, 5.41) is 9.43. The van der Waals surface area contributed by atoms with Gasteiger partial charge in [-0.3, -0.25) is 9.59 Å². The van der Waals surface area contributed by atoms with Crippen LogP contribution in [0.3, 0.4) is 0 Å². The highest BCUT2D eigenvalue weighted by Gasteiger charge is 2.42. The van der Waals surface area contributed by atoms with E-state index in [4.69, 9.17) is 4.74 Å². The molecule has 2 fully saturated rings. The van der Waals surface area contributed by atoms with Gasteiger partial charge in [-0.1, -0.05) is 50.6 Å². The zero-order valence-corrected chi connectivity index (χ0v) is 20.7. The SMILES string of the molecule is CC/C(=C\C=C\[C@@H]1C=C[C@H]2CCC[C@@H]2[C@@H]1C(=O)c1ccc[nH]1)[C@H]1O[C@@H]([C@@H](C)C(=O)O)CC[C@H]1C. The van der Waals surface area contributed by atoms with Crippen molar-refractivity contribution in [3.05, 3.63) is 60.0 Å². The number of ether oxygens (including phenoxy) is 1. The van der Waals surface area contributed by atoms with Crippen LogP contribution in [-0.4, -0.2) is 34.1 Å². The number of hydrogen-bond acceptors (Lipinski definition) is 3. The van der Waals surface area contributed by atoms with Gasteiger partial charge in [-0.25, -0.2) is 0 Å². The average molecular weight is 466 g/mol. The maximum atomic E-state index is 13.4. The van der Waals surface area contributed by atoms with Crippen LogP contribution >= 0.6 is 0 Å². The number of hydrogen-bond donors (Lipinski definition) is 2. The lowest BCUT2D eigenvalue weighted by Gasteiger charge is -2.37. The molecule has 0 spiro atoms. The molecule has 3 aliphatic rings. The van der Waals surface area contributed by atoms with Gasteiger partial charge in [0.05, 0.1) is 23.8 Å². The summed E-state index contributed by atoms with van der Waals surface area (Å²) in [4.78, 5) is 28.0. The molecule has 8 atom stereocenters. The summed E-state index contributed by atoms with van der Waals surface area (Å²) in [6, 6.07) is 3.78. The number of carbonyl (C=O) groups is 2. The van der Waals surface area contributed by atoms with Crippen LogP contribution in [0.1, 0.15) is 69.8 Å². The molecule has 2 N–H and O–H groups in total. The van der Waals surface area contributed by atoms with Gasteiger partial charge in [0, 0.05) is 18.0 Å². The van der Waals surface area contributed by atoms with Crippen molar-refractivity contribution in [2.24, 2.45) is 35.5 Å². The maximum Gasteiger partial charge on any atom is 0.308 e. The first-order valence-electron chi connectivity index (χ1n) is 13.0. The van der Waals surface area contributed by atoms with Gasteiger partial charge >= 0.3 is 5.97 Å². The fourth-order valence-electron chi connectivity index (χ4n) is 6.26. The first-order valence-corrected chi connectivity index (χ1v) is 13.0. The molecule has 0 radical (unpaired) electrons. The summed E-state index contributed by atoms with van der Waals surface area (Å²) in [5.74, 6) is 0.237. The highest BCUT2D eigenvalue weighted by Crippen LogP contribution is 2.46. The van der Waals surface area contributed by atoms with Crippen molar-refractivity contribution in [3.63, 3.8) is 0 Å². The van der Waals surface area contributed by atoms with Crippen LogP contribution in [0, 0.1) is 35.5 Å². The second-order valence-corrected chi connectivity index (χ2v) is 10.5. The lowest BCUT2D eigenvalue weighted by atomic mass is 9.69. The minimum atomic E-state index is -0.799. The van der Waals surface area contributed by atoms with Gasteiger partial charge in [-0.2, -0.15) is 0 Å². The molecule has 184 valence electrons. The minimum Gasteiger partial charge on any atom is -0.481 e. The Morgan fingerprint density at radius 2 is 2.06 bits per heavy atom. The van der Waals surface area contributed by atoms with Crippen LogP contribution in [0.2, 0.25) is 0 Å². The second kappa shape index (κ2) is 10.9. The highest BCUT2D eigenvalue weighted by molar-refractivity contribution is 5.97. The van der Waals surface area contributed by atoms with E-state index in [1.54, 1.807) is 6.92 Å². The number of rotatable bonds is 8. The number of fused-ring (bicyclic) bond motifs is 1. The summed E-state index contributed by atoms with van der Waals surface area (Å²) in [5.41, 5.74) is 1.90. The zero-order chi connectivity index (χ0) is 24.2. The third-order valence-corrected chi connectivity index (χ3v) is 8.36. The number of carboxylic acid groups (broad SMARTS) is 1. The van der Waals surface area contributed by atoms with E-state index < -0.39 is 11.9 Å². The molecule has 2 heterocycles. The Kier molecular flexibility index (Phi) is 7.92.